The largest absolute Gasteiger partial charge is 0.467 e. The molecule has 0 fully saturated rings. The Morgan fingerprint density at radius 2 is 1.95 bits per heavy atom. The van der Waals surface area contributed by atoms with Crippen molar-refractivity contribution in [3.05, 3.63) is 12.2 Å². The van der Waals surface area contributed by atoms with Gasteiger partial charge >= 0.3 is 11.9 Å². The molecule has 1 N–H and O–H groups in total. The van der Waals surface area contributed by atoms with Crippen molar-refractivity contribution in [2.75, 3.05) is 7.11 Å². The van der Waals surface area contributed by atoms with Gasteiger partial charge in [-0.3, -0.25) is 9.59 Å². The van der Waals surface area contributed by atoms with Crippen molar-refractivity contribution in [2.45, 2.75) is 44.8 Å². The second kappa shape index (κ2) is 7.56. The molecule has 2 atom stereocenters. The van der Waals surface area contributed by atoms with Crippen molar-refractivity contribution < 1.29 is 23.9 Å². The fourth-order valence-electron chi connectivity index (χ4n) is 1.73. The maximum atomic E-state index is 11.7. The molecule has 6 heteroatoms. The lowest BCUT2D eigenvalue weighted by atomic mass is 10.1. The van der Waals surface area contributed by atoms with Gasteiger partial charge in [-0.05, 0) is 19.8 Å². The highest BCUT2D eigenvalue weighted by atomic mass is 16.6. The summed E-state index contributed by atoms with van der Waals surface area (Å²) in [5.74, 6) is -1.30. The van der Waals surface area contributed by atoms with Crippen molar-refractivity contribution in [2.24, 2.45) is 0 Å². The Hall–Kier alpha value is -1.85. The Morgan fingerprint density at radius 3 is 2.58 bits per heavy atom. The topological polar surface area (TPSA) is 81.7 Å². The molecule has 0 spiro atoms. The summed E-state index contributed by atoms with van der Waals surface area (Å²) >= 11 is 0. The molecule has 1 amide bonds. The predicted octanol–water partition coefficient (Wildman–Crippen LogP) is 0.706. The van der Waals surface area contributed by atoms with E-state index in [4.69, 9.17) is 4.74 Å². The lowest BCUT2D eigenvalue weighted by Gasteiger charge is -2.23. The number of methoxy groups -OCH3 is 1. The van der Waals surface area contributed by atoms with Gasteiger partial charge < -0.3 is 14.8 Å². The van der Waals surface area contributed by atoms with E-state index in [9.17, 15) is 14.4 Å². The number of amides is 1. The molecule has 0 saturated heterocycles. The molecule has 1 heterocycles. The molecule has 106 valence electrons. The number of ether oxygens (including phenoxy) is 2. The lowest BCUT2D eigenvalue weighted by Crippen LogP contribution is -2.49. The minimum absolute atomic E-state index is 0.253. The van der Waals surface area contributed by atoms with Gasteiger partial charge in [-0.25, -0.2) is 4.79 Å². The molecule has 0 radical (unpaired) electrons. The first-order chi connectivity index (χ1) is 9.04. The van der Waals surface area contributed by atoms with Crippen LogP contribution < -0.4 is 5.32 Å². The minimum atomic E-state index is -0.968. The molecule has 1 aliphatic heterocycles. The van der Waals surface area contributed by atoms with Crippen molar-refractivity contribution in [3.63, 3.8) is 0 Å². The predicted molar refractivity (Wildman–Crippen MR) is 67.1 cm³/mol. The van der Waals surface area contributed by atoms with Crippen LogP contribution in [0.4, 0.5) is 0 Å². The molecule has 0 saturated carbocycles. The number of nitrogens with one attached hydrogen (secondary N) is 1. The average Bonchev–Trinajstić information content (AvgIpc) is 2.37. The first kappa shape index (κ1) is 15.2. The smallest absolute Gasteiger partial charge is 0.332 e. The Bertz CT molecular complexity index is 377. The molecule has 0 bridgehead atoms. The number of cyclic esters (lactones) is 1. The van der Waals surface area contributed by atoms with Crippen molar-refractivity contribution in [1.29, 1.82) is 0 Å². The molecule has 6 nitrogen and oxygen atoms in total. The Balaban J connectivity index is 2.81. The van der Waals surface area contributed by atoms with Crippen LogP contribution in [0.25, 0.3) is 0 Å². The third-order valence-corrected chi connectivity index (χ3v) is 2.78. The molecule has 0 aromatic carbocycles. The summed E-state index contributed by atoms with van der Waals surface area (Å²) in [4.78, 5) is 34.8. The molecule has 0 aromatic rings. The normalized spacial score (nSPS) is 27.3. The minimum Gasteiger partial charge on any atom is -0.467 e. The van der Waals surface area contributed by atoms with Gasteiger partial charge in [-0.2, -0.15) is 0 Å². The molecular formula is C13H19NO5. The number of allylic oxidation sites excluding steroid dienone is 2. The van der Waals surface area contributed by atoms with Gasteiger partial charge in [0.05, 0.1) is 7.11 Å². The van der Waals surface area contributed by atoms with Crippen molar-refractivity contribution in [3.8, 4) is 0 Å². The lowest BCUT2D eigenvalue weighted by molar-refractivity contribution is -0.157. The number of esters is 2. The van der Waals surface area contributed by atoms with Crippen LogP contribution in [0.3, 0.4) is 0 Å². The van der Waals surface area contributed by atoms with Gasteiger partial charge in [0.2, 0.25) is 5.91 Å². The van der Waals surface area contributed by atoms with Gasteiger partial charge in [0.25, 0.3) is 0 Å². The third-order valence-electron chi connectivity index (χ3n) is 2.78. The summed E-state index contributed by atoms with van der Waals surface area (Å²) < 4.78 is 9.73. The van der Waals surface area contributed by atoms with E-state index >= 15 is 0 Å². The zero-order chi connectivity index (χ0) is 14.3. The Labute approximate surface area is 112 Å². The number of hydrogen-bond donors (Lipinski definition) is 1. The summed E-state index contributed by atoms with van der Waals surface area (Å²) in [5, 5.41) is 2.53. The third kappa shape index (κ3) is 5.11. The Morgan fingerprint density at radius 1 is 1.32 bits per heavy atom. The summed E-state index contributed by atoms with van der Waals surface area (Å²) in [5.41, 5.74) is 0. The quantitative estimate of drug-likeness (QED) is 0.560. The number of carbonyl (C=O) groups is 3. The summed E-state index contributed by atoms with van der Waals surface area (Å²) in [7, 11) is 1.22. The second-order valence-corrected chi connectivity index (χ2v) is 4.31. The first-order valence-corrected chi connectivity index (χ1v) is 6.26. The van der Waals surface area contributed by atoms with Crippen molar-refractivity contribution in [1.82, 2.24) is 5.32 Å². The van der Waals surface area contributed by atoms with Crippen LogP contribution in [0.15, 0.2) is 12.2 Å². The SMILES string of the molecule is COC(=O)[C@H]1NC(=O)CC/C=C/CCC(=O)O[C@H]1C. The van der Waals surface area contributed by atoms with E-state index in [1.807, 2.05) is 12.2 Å². The summed E-state index contributed by atoms with van der Waals surface area (Å²) in [6, 6.07) is -0.968. The standard InChI is InChI=1S/C13H19NO5/c1-9-12(13(17)18-2)14-10(15)7-5-3-4-6-8-11(16)19-9/h3-4,9,12H,5-8H2,1-2H3,(H,14,15)/b4-3+/t9-,12-/m0/s1. The van der Waals surface area contributed by atoms with Crippen molar-refractivity contribution >= 4 is 17.8 Å². The van der Waals surface area contributed by atoms with Crippen LogP contribution in [0.5, 0.6) is 0 Å². The zero-order valence-electron chi connectivity index (χ0n) is 11.2. The van der Waals surface area contributed by atoms with E-state index in [1.165, 1.54) is 7.11 Å². The fourth-order valence-corrected chi connectivity index (χ4v) is 1.73. The Kier molecular flexibility index (Phi) is 6.05. The van der Waals surface area contributed by atoms with E-state index in [0.29, 0.717) is 12.8 Å². The van der Waals surface area contributed by atoms with Gasteiger partial charge in [0.15, 0.2) is 6.04 Å². The fraction of sp³-hybridized carbons (Fsp3) is 0.615. The average molecular weight is 269 g/mol. The van der Waals surface area contributed by atoms with Gasteiger partial charge in [-0.1, -0.05) is 12.2 Å². The van der Waals surface area contributed by atoms with Gasteiger partial charge in [0, 0.05) is 12.8 Å². The molecule has 19 heavy (non-hydrogen) atoms. The highest BCUT2D eigenvalue weighted by molar-refractivity contribution is 5.85. The summed E-state index contributed by atoms with van der Waals surface area (Å²) in [6.45, 7) is 1.56. The molecule has 1 aliphatic rings. The maximum Gasteiger partial charge on any atom is 0.332 e. The number of carbonyl (C=O) groups excluding carboxylic acids is 3. The van der Waals surface area contributed by atoms with Crippen LogP contribution in [0, 0.1) is 0 Å². The van der Waals surface area contributed by atoms with E-state index in [0.717, 1.165) is 0 Å². The van der Waals surface area contributed by atoms with Crippen LogP contribution in [0.1, 0.15) is 32.6 Å². The number of hydrogen-bond acceptors (Lipinski definition) is 5. The van der Waals surface area contributed by atoms with E-state index in [2.05, 4.69) is 10.1 Å². The molecular weight excluding hydrogens is 250 g/mol. The molecule has 0 unspecified atom stereocenters. The monoisotopic (exact) mass is 269 g/mol. The van der Waals surface area contributed by atoms with Crippen LogP contribution in [-0.2, 0) is 23.9 Å². The van der Waals surface area contributed by atoms with Crippen LogP contribution in [0.2, 0.25) is 0 Å². The van der Waals surface area contributed by atoms with E-state index in [-0.39, 0.29) is 18.7 Å². The first-order valence-electron chi connectivity index (χ1n) is 6.26. The highest BCUT2D eigenvalue weighted by Crippen LogP contribution is 2.07. The molecule has 0 aromatic heterocycles. The van der Waals surface area contributed by atoms with Gasteiger partial charge in [0.1, 0.15) is 6.10 Å². The molecule has 1 rings (SSSR count). The number of rotatable bonds is 1. The van der Waals surface area contributed by atoms with Crippen LogP contribution >= 0.6 is 0 Å². The van der Waals surface area contributed by atoms with Crippen LogP contribution in [-0.4, -0.2) is 37.1 Å². The van der Waals surface area contributed by atoms with E-state index in [1.54, 1.807) is 6.92 Å². The highest BCUT2D eigenvalue weighted by Gasteiger charge is 2.30. The maximum absolute atomic E-state index is 11.7. The molecule has 0 aliphatic carbocycles. The zero-order valence-corrected chi connectivity index (χ0v) is 11.2. The van der Waals surface area contributed by atoms with Gasteiger partial charge in [-0.15, -0.1) is 0 Å². The second-order valence-electron chi connectivity index (χ2n) is 4.31. The van der Waals surface area contributed by atoms with E-state index < -0.39 is 24.1 Å². The summed E-state index contributed by atoms with van der Waals surface area (Å²) in [6.07, 6.45) is 4.60.